The number of fused-ring (bicyclic) bond motifs is 2. The number of rotatable bonds is 8. The van der Waals surface area contributed by atoms with Gasteiger partial charge in [0.15, 0.2) is 0 Å². The lowest BCUT2D eigenvalue weighted by Crippen LogP contribution is -2.40. The Kier molecular flexibility index (Phi) is 7.97. The summed E-state index contributed by atoms with van der Waals surface area (Å²) in [4.78, 5) is 36.6. The van der Waals surface area contributed by atoms with Crippen LogP contribution in [-0.4, -0.2) is 53.5 Å². The number of piperidine rings is 1. The van der Waals surface area contributed by atoms with Crippen molar-refractivity contribution in [3.8, 4) is 0 Å². The molecule has 1 atom stereocenters. The topological polar surface area (TPSA) is 84.4 Å². The summed E-state index contributed by atoms with van der Waals surface area (Å²) in [6.45, 7) is 2.43. The number of aryl methyl sites for hydroxylation is 2. The van der Waals surface area contributed by atoms with Crippen LogP contribution in [0.15, 0.2) is 48.7 Å². The summed E-state index contributed by atoms with van der Waals surface area (Å²) in [5.41, 5.74) is 4.36. The number of benzene rings is 1. The molecule has 3 aromatic rings. The fraction of sp³-hybridized carbons (Fsp3) is 0.467. The second-order valence-corrected chi connectivity index (χ2v) is 10.3. The van der Waals surface area contributed by atoms with Gasteiger partial charge in [0.2, 0.25) is 5.91 Å². The number of methoxy groups -OCH3 is 1. The highest BCUT2D eigenvalue weighted by molar-refractivity contribution is 5.79. The Morgan fingerprint density at radius 3 is 2.84 bits per heavy atom. The quantitative estimate of drug-likeness (QED) is 0.443. The van der Waals surface area contributed by atoms with Crippen molar-refractivity contribution in [2.75, 3.05) is 32.1 Å². The molecule has 1 saturated heterocycles. The van der Waals surface area contributed by atoms with Crippen LogP contribution in [0.5, 0.6) is 0 Å². The molecule has 0 saturated carbocycles. The lowest BCUT2D eigenvalue weighted by atomic mass is 9.78. The largest absolute Gasteiger partial charge is 0.469 e. The Hall–Kier alpha value is -3.48. The van der Waals surface area contributed by atoms with Crippen molar-refractivity contribution in [2.45, 2.75) is 57.3 Å². The second kappa shape index (κ2) is 11.7. The van der Waals surface area contributed by atoms with E-state index in [4.69, 9.17) is 9.72 Å². The number of hydrogen-bond acceptors (Lipinski definition) is 6. The molecule has 5 rings (SSSR count). The maximum atomic E-state index is 12.9. The van der Waals surface area contributed by atoms with Crippen molar-refractivity contribution < 1.29 is 14.3 Å². The summed E-state index contributed by atoms with van der Waals surface area (Å²) in [5, 5.41) is 4.46. The van der Waals surface area contributed by atoms with Crippen LogP contribution in [-0.2, 0) is 27.2 Å². The third-order valence-corrected chi connectivity index (χ3v) is 7.89. The van der Waals surface area contributed by atoms with Gasteiger partial charge in [-0.25, -0.2) is 4.98 Å². The fourth-order valence-electron chi connectivity index (χ4n) is 5.75. The molecular formula is C30H36N4O3. The first-order valence-electron chi connectivity index (χ1n) is 13.5. The standard InChI is InChI=1S/C30H36N4O3/c1-37-29(36)19-26(24-18-23-6-2-3-9-27(23)32-20-24)21-13-16-34(17-14-21)28(35)10-4-8-25-12-11-22-7-5-15-31-30(22)33-25/h2-3,6,9,11-12,18,20-21,26H,4-5,7-8,10,13-17,19H2,1H3,(H,31,33). The molecule has 0 aliphatic carbocycles. The molecule has 37 heavy (non-hydrogen) atoms. The van der Waals surface area contributed by atoms with E-state index >= 15 is 0 Å². The predicted octanol–water partition coefficient (Wildman–Crippen LogP) is 4.90. The first kappa shape index (κ1) is 25.2. The third kappa shape index (κ3) is 6.09. The fourth-order valence-corrected chi connectivity index (χ4v) is 5.75. The Morgan fingerprint density at radius 2 is 2.00 bits per heavy atom. The van der Waals surface area contributed by atoms with E-state index < -0.39 is 0 Å². The molecule has 1 unspecified atom stereocenters. The molecule has 2 aliphatic rings. The summed E-state index contributed by atoms with van der Waals surface area (Å²) >= 11 is 0. The third-order valence-electron chi connectivity index (χ3n) is 7.89. The van der Waals surface area contributed by atoms with E-state index in [-0.39, 0.29) is 17.8 Å². The Labute approximate surface area is 218 Å². The molecule has 194 valence electrons. The van der Waals surface area contributed by atoms with Crippen LogP contribution < -0.4 is 5.32 Å². The molecule has 7 nitrogen and oxygen atoms in total. The van der Waals surface area contributed by atoms with Gasteiger partial charge in [0.25, 0.3) is 0 Å². The van der Waals surface area contributed by atoms with Crippen molar-refractivity contribution in [1.29, 1.82) is 0 Å². The summed E-state index contributed by atoms with van der Waals surface area (Å²) in [6.07, 6.45) is 8.37. The number of aromatic nitrogens is 2. The van der Waals surface area contributed by atoms with Gasteiger partial charge in [-0.2, -0.15) is 0 Å². The maximum absolute atomic E-state index is 12.9. The maximum Gasteiger partial charge on any atom is 0.306 e. The molecule has 0 radical (unpaired) electrons. The smallest absolute Gasteiger partial charge is 0.306 e. The normalized spacial score (nSPS) is 16.6. The first-order chi connectivity index (χ1) is 18.1. The molecule has 2 aromatic heterocycles. The van der Waals surface area contributed by atoms with Crippen LogP contribution in [0.2, 0.25) is 0 Å². The minimum absolute atomic E-state index is 0.0329. The van der Waals surface area contributed by atoms with Gasteiger partial charge < -0.3 is 15.0 Å². The van der Waals surface area contributed by atoms with Crippen molar-refractivity contribution in [3.05, 3.63) is 65.5 Å². The van der Waals surface area contributed by atoms with Crippen LogP contribution in [0.4, 0.5) is 5.82 Å². The van der Waals surface area contributed by atoms with Gasteiger partial charge in [-0.15, -0.1) is 0 Å². The second-order valence-electron chi connectivity index (χ2n) is 10.3. The number of pyridine rings is 2. The lowest BCUT2D eigenvalue weighted by molar-refractivity contribution is -0.142. The van der Waals surface area contributed by atoms with Gasteiger partial charge in [-0.1, -0.05) is 24.3 Å². The van der Waals surface area contributed by atoms with Crippen molar-refractivity contribution in [2.24, 2.45) is 5.92 Å². The van der Waals surface area contributed by atoms with Crippen LogP contribution in [0.25, 0.3) is 10.9 Å². The van der Waals surface area contributed by atoms with E-state index in [9.17, 15) is 9.59 Å². The number of anilines is 1. The number of esters is 1. The number of para-hydroxylation sites is 1. The Balaban J connectivity index is 1.16. The first-order valence-corrected chi connectivity index (χ1v) is 13.5. The molecule has 1 aromatic carbocycles. The minimum Gasteiger partial charge on any atom is -0.469 e. The van der Waals surface area contributed by atoms with E-state index in [0.29, 0.717) is 18.8 Å². The monoisotopic (exact) mass is 500 g/mol. The number of carbonyl (C=O) groups excluding carboxylic acids is 2. The van der Waals surface area contributed by atoms with E-state index in [1.54, 1.807) is 0 Å². The average Bonchev–Trinajstić information content (AvgIpc) is 2.95. The molecule has 0 bridgehead atoms. The van der Waals surface area contributed by atoms with E-state index in [2.05, 4.69) is 34.6 Å². The molecule has 1 N–H and O–H groups in total. The summed E-state index contributed by atoms with van der Waals surface area (Å²) in [6, 6.07) is 14.5. The highest BCUT2D eigenvalue weighted by atomic mass is 16.5. The van der Waals surface area contributed by atoms with Crippen LogP contribution in [0, 0.1) is 5.92 Å². The zero-order valence-electron chi connectivity index (χ0n) is 21.6. The predicted molar refractivity (Wildman–Crippen MR) is 144 cm³/mol. The number of likely N-dealkylation sites (tertiary alicyclic amines) is 1. The molecule has 0 spiro atoms. The molecule has 4 heterocycles. The zero-order chi connectivity index (χ0) is 25.6. The number of nitrogens with zero attached hydrogens (tertiary/aromatic N) is 3. The summed E-state index contributed by atoms with van der Waals surface area (Å²) in [5.74, 6) is 1.36. The number of nitrogens with one attached hydrogen (secondary N) is 1. The van der Waals surface area contributed by atoms with Gasteiger partial charge in [-0.05, 0) is 79.7 Å². The van der Waals surface area contributed by atoms with Gasteiger partial charge >= 0.3 is 5.97 Å². The summed E-state index contributed by atoms with van der Waals surface area (Å²) in [7, 11) is 1.44. The highest BCUT2D eigenvalue weighted by Gasteiger charge is 2.31. The van der Waals surface area contributed by atoms with Gasteiger partial charge in [0.05, 0.1) is 19.0 Å². The number of ether oxygens (including phenoxy) is 1. The number of carbonyl (C=O) groups is 2. The van der Waals surface area contributed by atoms with Gasteiger partial charge in [0, 0.05) is 43.3 Å². The zero-order valence-corrected chi connectivity index (χ0v) is 21.6. The van der Waals surface area contributed by atoms with E-state index in [0.717, 1.165) is 86.1 Å². The van der Waals surface area contributed by atoms with Gasteiger partial charge in [0.1, 0.15) is 5.82 Å². The van der Waals surface area contributed by atoms with E-state index in [1.807, 2.05) is 29.3 Å². The Bertz CT molecular complexity index is 1250. The van der Waals surface area contributed by atoms with Crippen molar-refractivity contribution >= 4 is 28.6 Å². The molecule has 2 aliphatic heterocycles. The SMILES string of the molecule is COC(=O)CC(c1cnc2ccccc2c1)C1CCN(C(=O)CCCc2ccc3c(n2)NCCC3)CC1. The number of hydrogen-bond donors (Lipinski definition) is 1. The minimum atomic E-state index is -0.206. The molecule has 1 amide bonds. The van der Waals surface area contributed by atoms with Crippen molar-refractivity contribution in [1.82, 2.24) is 14.9 Å². The van der Waals surface area contributed by atoms with E-state index in [1.165, 1.54) is 12.7 Å². The molecule has 7 heteroatoms. The van der Waals surface area contributed by atoms with Crippen molar-refractivity contribution in [3.63, 3.8) is 0 Å². The molecule has 1 fully saturated rings. The highest BCUT2D eigenvalue weighted by Crippen LogP contribution is 2.36. The average molecular weight is 501 g/mol. The summed E-state index contributed by atoms with van der Waals surface area (Å²) < 4.78 is 5.02. The number of amides is 1. The van der Waals surface area contributed by atoms with Crippen LogP contribution in [0.3, 0.4) is 0 Å². The Morgan fingerprint density at radius 1 is 1.16 bits per heavy atom. The lowest BCUT2D eigenvalue weighted by Gasteiger charge is -2.36. The van der Waals surface area contributed by atoms with Crippen LogP contribution in [0.1, 0.15) is 61.3 Å². The molecular weight excluding hydrogens is 464 g/mol. The van der Waals surface area contributed by atoms with Crippen LogP contribution >= 0.6 is 0 Å². The van der Waals surface area contributed by atoms with Gasteiger partial charge in [-0.3, -0.25) is 14.6 Å².